The Balaban J connectivity index is 1.76. The molecular formula is C21H29NO5. The van der Waals surface area contributed by atoms with Crippen molar-refractivity contribution in [3.8, 4) is 0 Å². The number of carbonyl (C=O) groups excluding carboxylic acids is 1. The highest BCUT2D eigenvalue weighted by molar-refractivity contribution is 6.00. The Labute approximate surface area is 159 Å². The molecule has 0 bridgehead atoms. The van der Waals surface area contributed by atoms with E-state index in [9.17, 15) is 14.7 Å². The van der Waals surface area contributed by atoms with Gasteiger partial charge in [0.15, 0.2) is 0 Å². The number of hydrogen-bond donors (Lipinski definition) is 2. The van der Waals surface area contributed by atoms with Crippen LogP contribution in [0.2, 0.25) is 0 Å². The summed E-state index contributed by atoms with van der Waals surface area (Å²) in [5.41, 5.74) is 1.69. The van der Waals surface area contributed by atoms with Gasteiger partial charge in [-0.3, -0.25) is 4.79 Å². The van der Waals surface area contributed by atoms with Crippen LogP contribution in [0.4, 0.5) is 0 Å². The van der Waals surface area contributed by atoms with E-state index in [0.717, 1.165) is 37.8 Å². The Morgan fingerprint density at radius 1 is 1.22 bits per heavy atom. The number of carbonyl (C=O) groups is 2. The summed E-state index contributed by atoms with van der Waals surface area (Å²) in [6.07, 6.45) is 7.47. The predicted octanol–water partition coefficient (Wildman–Crippen LogP) is 2.95. The van der Waals surface area contributed by atoms with Gasteiger partial charge in [-0.15, -0.1) is 0 Å². The van der Waals surface area contributed by atoms with Gasteiger partial charge in [-0.2, -0.15) is 0 Å². The number of ketones is 1. The number of aliphatic carboxylic acids is 1. The van der Waals surface area contributed by atoms with Crippen LogP contribution in [-0.2, 0) is 14.4 Å². The maximum atomic E-state index is 12.6. The van der Waals surface area contributed by atoms with E-state index >= 15 is 0 Å². The fourth-order valence-corrected chi connectivity index (χ4v) is 6.43. The Bertz CT molecular complexity index is 728. The number of Topliss-reactive ketones (excluding diaryl/α,β-unsaturated/α-hetero) is 1. The largest absolute Gasteiger partial charge is 0.479 e. The molecule has 3 saturated carbocycles. The van der Waals surface area contributed by atoms with Crippen molar-refractivity contribution in [2.45, 2.75) is 64.9 Å². The predicted molar refractivity (Wildman–Crippen MR) is 99.1 cm³/mol. The number of carboxylic acid groups (broad SMARTS) is 1. The fraction of sp³-hybridized carbons (Fsp3) is 0.762. The molecule has 3 fully saturated rings. The van der Waals surface area contributed by atoms with Crippen molar-refractivity contribution < 1.29 is 24.6 Å². The quantitative estimate of drug-likeness (QED) is 0.740. The molecule has 0 aromatic carbocycles. The molecule has 6 heteroatoms. The lowest BCUT2D eigenvalue weighted by molar-refractivity contribution is -0.142. The molecule has 0 aliphatic heterocycles. The van der Waals surface area contributed by atoms with E-state index in [-0.39, 0.29) is 28.8 Å². The molecule has 27 heavy (non-hydrogen) atoms. The number of allylic oxidation sites excluding steroid dienone is 1. The Kier molecular flexibility index (Phi) is 4.45. The number of oxime groups is 1. The van der Waals surface area contributed by atoms with Crippen molar-refractivity contribution in [1.29, 1.82) is 0 Å². The zero-order valence-corrected chi connectivity index (χ0v) is 16.1. The summed E-state index contributed by atoms with van der Waals surface area (Å²) in [4.78, 5) is 28.6. The van der Waals surface area contributed by atoms with E-state index in [1.807, 2.05) is 6.08 Å². The van der Waals surface area contributed by atoms with Gasteiger partial charge in [0.25, 0.3) is 0 Å². The second-order valence-electron chi connectivity index (χ2n) is 9.32. The van der Waals surface area contributed by atoms with Gasteiger partial charge < -0.3 is 15.1 Å². The molecule has 0 radical (unpaired) electrons. The van der Waals surface area contributed by atoms with E-state index in [1.54, 1.807) is 0 Å². The van der Waals surface area contributed by atoms with Gasteiger partial charge >= 0.3 is 5.97 Å². The standard InChI is InChI=1S/C21H29NO5/c1-20-7-5-13(23)9-12(20)10-16(22-27-11-18(25)26)19-14-3-4-17(24)21(14,2)8-6-15(19)20/h10,13-15,19,23H,3-9,11H2,1-2H3,(H,25,26)/b22-16+/t13-,14-,15-,19-,20-,21-/m0/s1. The average Bonchev–Trinajstić information content (AvgIpc) is 2.91. The number of hydrogen-bond acceptors (Lipinski definition) is 5. The first kappa shape index (κ1) is 18.7. The number of carboxylic acids is 1. The zero-order chi connectivity index (χ0) is 19.4. The van der Waals surface area contributed by atoms with Crippen LogP contribution < -0.4 is 0 Å². The summed E-state index contributed by atoms with van der Waals surface area (Å²) in [7, 11) is 0. The van der Waals surface area contributed by atoms with Crippen molar-refractivity contribution in [2.75, 3.05) is 6.61 Å². The minimum atomic E-state index is -1.05. The molecule has 4 aliphatic carbocycles. The second kappa shape index (κ2) is 6.43. The molecule has 0 spiro atoms. The maximum absolute atomic E-state index is 12.6. The van der Waals surface area contributed by atoms with Crippen molar-refractivity contribution in [1.82, 2.24) is 0 Å². The van der Waals surface area contributed by atoms with Gasteiger partial charge in [0.05, 0.1) is 11.8 Å². The molecule has 6 nitrogen and oxygen atoms in total. The summed E-state index contributed by atoms with van der Waals surface area (Å²) >= 11 is 0. The van der Waals surface area contributed by atoms with Gasteiger partial charge in [-0.05, 0) is 61.9 Å². The average molecular weight is 375 g/mol. The zero-order valence-electron chi connectivity index (χ0n) is 16.1. The van der Waals surface area contributed by atoms with Crippen LogP contribution in [0.5, 0.6) is 0 Å². The SMILES string of the molecule is C[C@]12CC[C@H](O)CC1=C/C(=N\OCC(=O)O)[C@@H]1[C@@H]2CC[C@]2(C)C(=O)CC[C@@H]12. The topological polar surface area (TPSA) is 96.2 Å². The van der Waals surface area contributed by atoms with Crippen LogP contribution in [0, 0.1) is 28.6 Å². The number of aliphatic hydroxyl groups is 1. The van der Waals surface area contributed by atoms with Crippen molar-refractivity contribution in [2.24, 2.45) is 33.7 Å². The molecular weight excluding hydrogens is 346 g/mol. The first-order valence-corrected chi connectivity index (χ1v) is 10.1. The van der Waals surface area contributed by atoms with Crippen LogP contribution >= 0.6 is 0 Å². The minimum Gasteiger partial charge on any atom is -0.479 e. The number of aliphatic hydroxyl groups excluding tert-OH is 1. The van der Waals surface area contributed by atoms with E-state index in [1.165, 1.54) is 5.57 Å². The van der Waals surface area contributed by atoms with E-state index in [0.29, 0.717) is 24.5 Å². The smallest absolute Gasteiger partial charge is 0.344 e. The Morgan fingerprint density at radius 2 is 1.93 bits per heavy atom. The Hall–Kier alpha value is -1.69. The molecule has 0 unspecified atom stereocenters. The summed E-state index contributed by atoms with van der Waals surface area (Å²) < 4.78 is 0. The summed E-state index contributed by atoms with van der Waals surface area (Å²) in [6, 6.07) is 0. The summed E-state index contributed by atoms with van der Waals surface area (Å²) in [5, 5.41) is 23.3. The molecule has 2 N–H and O–H groups in total. The van der Waals surface area contributed by atoms with Gasteiger partial charge in [-0.1, -0.05) is 24.6 Å². The van der Waals surface area contributed by atoms with Gasteiger partial charge in [-0.25, -0.2) is 4.79 Å². The lowest BCUT2D eigenvalue weighted by atomic mass is 9.47. The number of fused-ring (bicyclic) bond motifs is 5. The number of rotatable bonds is 3. The van der Waals surface area contributed by atoms with E-state index in [4.69, 9.17) is 9.94 Å². The first-order chi connectivity index (χ1) is 12.8. The van der Waals surface area contributed by atoms with Crippen LogP contribution in [0.25, 0.3) is 0 Å². The van der Waals surface area contributed by atoms with Crippen molar-refractivity contribution >= 4 is 17.5 Å². The lowest BCUT2D eigenvalue weighted by Crippen LogP contribution is -2.53. The van der Waals surface area contributed by atoms with Gasteiger partial charge in [0.2, 0.25) is 6.61 Å². The van der Waals surface area contributed by atoms with E-state index in [2.05, 4.69) is 19.0 Å². The summed E-state index contributed by atoms with van der Waals surface area (Å²) in [5.74, 6) is 0.0177. The molecule has 0 aromatic heterocycles. The molecule has 0 heterocycles. The molecule has 4 aliphatic rings. The minimum absolute atomic E-state index is 0.0165. The van der Waals surface area contributed by atoms with Crippen LogP contribution in [0.1, 0.15) is 58.8 Å². The normalized spacial score (nSPS) is 44.9. The first-order valence-electron chi connectivity index (χ1n) is 10.1. The molecule has 0 amide bonds. The van der Waals surface area contributed by atoms with Crippen LogP contribution in [0.15, 0.2) is 16.8 Å². The van der Waals surface area contributed by atoms with Crippen LogP contribution in [0.3, 0.4) is 0 Å². The monoisotopic (exact) mass is 375 g/mol. The molecule has 4 rings (SSSR count). The van der Waals surface area contributed by atoms with Crippen molar-refractivity contribution in [3.05, 3.63) is 11.6 Å². The van der Waals surface area contributed by atoms with Gasteiger partial charge in [0, 0.05) is 17.8 Å². The third-order valence-corrected chi connectivity index (χ3v) is 8.01. The second-order valence-corrected chi connectivity index (χ2v) is 9.32. The van der Waals surface area contributed by atoms with Gasteiger partial charge in [0.1, 0.15) is 5.78 Å². The lowest BCUT2D eigenvalue weighted by Gasteiger charge is -2.56. The third kappa shape index (κ3) is 2.84. The molecule has 6 atom stereocenters. The maximum Gasteiger partial charge on any atom is 0.344 e. The molecule has 148 valence electrons. The Morgan fingerprint density at radius 3 is 2.67 bits per heavy atom. The summed E-state index contributed by atoms with van der Waals surface area (Å²) in [6.45, 7) is 3.94. The van der Waals surface area contributed by atoms with Crippen LogP contribution in [-0.4, -0.2) is 40.4 Å². The molecule has 0 aromatic rings. The molecule has 0 saturated heterocycles. The number of nitrogens with zero attached hydrogens (tertiary/aromatic N) is 1. The van der Waals surface area contributed by atoms with Crippen molar-refractivity contribution in [3.63, 3.8) is 0 Å². The van der Waals surface area contributed by atoms with E-state index < -0.39 is 12.6 Å². The highest BCUT2D eigenvalue weighted by Gasteiger charge is 2.60. The highest BCUT2D eigenvalue weighted by Crippen LogP contribution is 2.63. The third-order valence-electron chi connectivity index (χ3n) is 8.01. The highest BCUT2D eigenvalue weighted by atomic mass is 16.6. The fourth-order valence-electron chi connectivity index (χ4n) is 6.43.